The van der Waals surface area contributed by atoms with Crippen LogP contribution in [0.1, 0.15) is 45.2 Å². The van der Waals surface area contributed by atoms with E-state index in [1.807, 2.05) is 27.7 Å². The molecular formula is C24H29Cl2FN2O2S. The number of amides is 2. The Kier molecular flexibility index (Phi) is 9.86. The van der Waals surface area contributed by atoms with E-state index in [4.69, 9.17) is 23.2 Å². The molecule has 0 bridgehead atoms. The minimum Gasteiger partial charge on any atom is -0.350 e. The Morgan fingerprint density at radius 1 is 1.06 bits per heavy atom. The van der Waals surface area contributed by atoms with Crippen LogP contribution in [-0.4, -0.2) is 34.0 Å². The van der Waals surface area contributed by atoms with Crippen LogP contribution in [0, 0.1) is 5.82 Å². The summed E-state index contributed by atoms with van der Waals surface area (Å²) in [5.41, 5.74) is 1.30. The maximum atomic E-state index is 13.2. The fraction of sp³-hybridized carbons (Fsp3) is 0.417. The van der Waals surface area contributed by atoms with Gasteiger partial charge in [-0.05, 0) is 62.6 Å². The van der Waals surface area contributed by atoms with E-state index in [9.17, 15) is 14.0 Å². The van der Waals surface area contributed by atoms with Crippen molar-refractivity contribution in [1.29, 1.82) is 0 Å². The van der Waals surface area contributed by atoms with Crippen LogP contribution in [-0.2, 0) is 21.9 Å². The van der Waals surface area contributed by atoms with Crippen LogP contribution in [0.25, 0.3) is 0 Å². The van der Waals surface area contributed by atoms with E-state index < -0.39 is 11.6 Å². The molecule has 0 saturated heterocycles. The normalized spacial score (nSPS) is 12.3. The minimum atomic E-state index is -0.623. The summed E-state index contributed by atoms with van der Waals surface area (Å²) < 4.78 is 13.1. The Hall–Kier alpha value is -1.76. The molecule has 1 N–H and O–H groups in total. The van der Waals surface area contributed by atoms with Gasteiger partial charge in [0.05, 0.1) is 15.8 Å². The summed E-state index contributed by atoms with van der Waals surface area (Å²) in [5.74, 6) is 0.115. The molecule has 0 fully saturated rings. The van der Waals surface area contributed by atoms with Gasteiger partial charge in [0, 0.05) is 17.8 Å². The van der Waals surface area contributed by atoms with Gasteiger partial charge >= 0.3 is 0 Å². The zero-order chi connectivity index (χ0) is 23.9. The molecule has 0 aliphatic heterocycles. The number of halogens is 3. The smallest absolute Gasteiger partial charge is 0.243 e. The van der Waals surface area contributed by atoms with Gasteiger partial charge in [-0.25, -0.2) is 4.39 Å². The molecule has 0 radical (unpaired) electrons. The molecular weight excluding hydrogens is 470 g/mol. The van der Waals surface area contributed by atoms with Gasteiger partial charge in [0.2, 0.25) is 11.8 Å². The molecule has 1 atom stereocenters. The molecule has 2 rings (SSSR count). The first-order valence-corrected chi connectivity index (χ1v) is 12.3. The molecule has 2 aromatic rings. The average Bonchev–Trinajstić information content (AvgIpc) is 2.70. The lowest BCUT2D eigenvalue weighted by Gasteiger charge is -2.33. The van der Waals surface area contributed by atoms with E-state index >= 15 is 0 Å². The molecule has 2 aromatic carbocycles. The summed E-state index contributed by atoms with van der Waals surface area (Å²) in [4.78, 5) is 27.8. The molecule has 4 nitrogen and oxygen atoms in total. The van der Waals surface area contributed by atoms with Crippen molar-refractivity contribution in [3.8, 4) is 0 Å². The Morgan fingerprint density at radius 2 is 1.69 bits per heavy atom. The summed E-state index contributed by atoms with van der Waals surface area (Å²) in [5, 5.41) is 3.81. The minimum absolute atomic E-state index is 0.154. The predicted octanol–water partition coefficient (Wildman–Crippen LogP) is 6.09. The number of hydrogen-bond donors (Lipinski definition) is 1. The maximum absolute atomic E-state index is 13.2. The molecule has 1 unspecified atom stereocenters. The summed E-state index contributed by atoms with van der Waals surface area (Å²) in [6.07, 6.45) is 0.470. The van der Waals surface area contributed by atoms with E-state index in [2.05, 4.69) is 5.32 Å². The number of nitrogens with one attached hydrogen (secondary N) is 1. The summed E-state index contributed by atoms with van der Waals surface area (Å²) in [7, 11) is 0. The number of benzene rings is 2. The molecule has 2 amide bonds. The van der Waals surface area contributed by atoms with Crippen molar-refractivity contribution in [2.24, 2.45) is 0 Å². The third-order valence-corrected chi connectivity index (χ3v) is 6.36. The molecule has 174 valence electrons. The second-order valence-electron chi connectivity index (χ2n) is 8.55. The van der Waals surface area contributed by atoms with E-state index in [-0.39, 0.29) is 29.9 Å². The van der Waals surface area contributed by atoms with Crippen LogP contribution < -0.4 is 5.32 Å². The zero-order valence-corrected chi connectivity index (χ0v) is 21.1. The van der Waals surface area contributed by atoms with E-state index in [0.717, 1.165) is 11.1 Å². The van der Waals surface area contributed by atoms with Crippen molar-refractivity contribution in [2.45, 2.75) is 58.0 Å². The number of carbonyl (C=O) groups is 2. The highest BCUT2D eigenvalue weighted by Gasteiger charge is 2.30. The number of carbonyl (C=O) groups excluding carboxylic acids is 2. The Labute approximate surface area is 203 Å². The Bertz CT molecular complexity index is 933. The molecule has 8 heteroatoms. The summed E-state index contributed by atoms with van der Waals surface area (Å²) in [6.45, 7) is 7.83. The molecule has 0 saturated carbocycles. The van der Waals surface area contributed by atoms with Gasteiger partial charge in [-0.3, -0.25) is 9.59 Å². The highest BCUT2D eigenvalue weighted by atomic mass is 35.5. The van der Waals surface area contributed by atoms with Gasteiger partial charge in [0.1, 0.15) is 11.9 Å². The van der Waals surface area contributed by atoms with E-state index in [1.54, 1.807) is 35.2 Å². The highest BCUT2D eigenvalue weighted by molar-refractivity contribution is 7.99. The van der Waals surface area contributed by atoms with Crippen molar-refractivity contribution in [3.05, 3.63) is 69.5 Å². The predicted molar refractivity (Wildman–Crippen MR) is 132 cm³/mol. The SMILES string of the molecule is CCC(C(=O)NC(C)(C)C)N(Cc1ccc(Cl)c(Cl)c1)C(=O)CSCc1ccc(F)cc1. The Morgan fingerprint density at radius 3 is 2.25 bits per heavy atom. The lowest BCUT2D eigenvalue weighted by Crippen LogP contribution is -2.53. The van der Waals surface area contributed by atoms with Crippen LogP contribution in [0.15, 0.2) is 42.5 Å². The first-order valence-electron chi connectivity index (χ1n) is 10.4. The molecule has 32 heavy (non-hydrogen) atoms. The third kappa shape index (κ3) is 8.30. The standard InChI is InChI=1S/C24H29Cl2FN2O2S/c1-5-21(23(31)28-24(2,3)4)29(13-17-8-11-19(25)20(26)12-17)22(30)15-32-14-16-6-9-18(27)10-7-16/h6-12,21H,5,13-15H2,1-4H3,(H,28,31). The second-order valence-corrected chi connectivity index (χ2v) is 10.4. The molecule has 0 heterocycles. The lowest BCUT2D eigenvalue weighted by atomic mass is 10.1. The van der Waals surface area contributed by atoms with Gasteiger partial charge in [-0.1, -0.05) is 48.3 Å². The van der Waals surface area contributed by atoms with Gasteiger partial charge in [-0.2, -0.15) is 0 Å². The largest absolute Gasteiger partial charge is 0.350 e. The zero-order valence-electron chi connectivity index (χ0n) is 18.8. The highest BCUT2D eigenvalue weighted by Crippen LogP contribution is 2.25. The number of rotatable bonds is 9. The maximum Gasteiger partial charge on any atom is 0.243 e. The van der Waals surface area contributed by atoms with Gasteiger partial charge < -0.3 is 10.2 Å². The molecule has 0 aromatic heterocycles. The van der Waals surface area contributed by atoms with Crippen molar-refractivity contribution >= 4 is 46.8 Å². The average molecular weight is 499 g/mol. The van der Waals surface area contributed by atoms with Crippen LogP contribution in [0.3, 0.4) is 0 Å². The fourth-order valence-corrected chi connectivity index (χ4v) is 4.32. The van der Waals surface area contributed by atoms with Gasteiger partial charge in [-0.15, -0.1) is 11.8 Å². The van der Waals surface area contributed by atoms with Crippen LogP contribution in [0.5, 0.6) is 0 Å². The Balaban J connectivity index is 2.18. The molecule has 0 aliphatic rings. The molecule has 0 aliphatic carbocycles. The third-order valence-electron chi connectivity index (χ3n) is 4.63. The van der Waals surface area contributed by atoms with Gasteiger partial charge in [0.25, 0.3) is 0 Å². The van der Waals surface area contributed by atoms with Gasteiger partial charge in [0.15, 0.2) is 0 Å². The van der Waals surface area contributed by atoms with Crippen LogP contribution in [0.2, 0.25) is 10.0 Å². The number of thioether (sulfide) groups is 1. The van der Waals surface area contributed by atoms with E-state index in [0.29, 0.717) is 22.2 Å². The van der Waals surface area contributed by atoms with Crippen molar-refractivity contribution in [2.75, 3.05) is 5.75 Å². The monoisotopic (exact) mass is 498 g/mol. The fourth-order valence-electron chi connectivity index (χ4n) is 3.13. The molecule has 0 spiro atoms. The quantitative estimate of drug-likeness (QED) is 0.455. The van der Waals surface area contributed by atoms with Crippen LogP contribution >= 0.6 is 35.0 Å². The second kappa shape index (κ2) is 11.9. The van der Waals surface area contributed by atoms with Crippen molar-refractivity contribution in [3.63, 3.8) is 0 Å². The first kappa shape index (κ1) is 26.5. The van der Waals surface area contributed by atoms with Crippen molar-refractivity contribution in [1.82, 2.24) is 10.2 Å². The van der Waals surface area contributed by atoms with Crippen LogP contribution in [0.4, 0.5) is 4.39 Å². The number of hydrogen-bond acceptors (Lipinski definition) is 3. The lowest BCUT2D eigenvalue weighted by molar-refractivity contribution is -0.140. The number of nitrogens with zero attached hydrogens (tertiary/aromatic N) is 1. The summed E-state index contributed by atoms with van der Waals surface area (Å²) >= 11 is 13.6. The topological polar surface area (TPSA) is 49.4 Å². The van der Waals surface area contributed by atoms with E-state index in [1.165, 1.54) is 23.9 Å². The van der Waals surface area contributed by atoms with Crippen molar-refractivity contribution < 1.29 is 14.0 Å². The first-order chi connectivity index (χ1) is 15.0. The summed E-state index contributed by atoms with van der Waals surface area (Å²) in [6, 6.07) is 10.8.